The van der Waals surface area contributed by atoms with Gasteiger partial charge in [-0.2, -0.15) is 0 Å². The summed E-state index contributed by atoms with van der Waals surface area (Å²) in [5.41, 5.74) is 2.43. The van der Waals surface area contributed by atoms with Gasteiger partial charge in [-0.1, -0.05) is 12.1 Å². The normalized spacial score (nSPS) is 20.6. The molecule has 2 fully saturated rings. The van der Waals surface area contributed by atoms with Crippen LogP contribution in [0.2, 0.25) is 0 Å². The number of furan rings is 1. The number of nitrogens with zero attached hydrogens (tertiary/aromatic N) is 2. The van der Waals surface area contributed by atoms with Crippen molar-refractivity contribution in [1.82, 2.24) is 9.80 Å². The third-order valence-corrected chi connectivity index (χ3v) is 6.01. The predicted octanol–water partition coefficient (Wildman–Crippen LogP) is 4.23. The molecule has 0 spiro atoms. The number of piperidine rings is 2. The van der Waals surface area contributed by atoms with Gasteiger partial charge in [-0.05, 0) is 69.3 Å². The lowest BCUT2D eigenvalue weighted by atomic mass is 9.86. The van der Waals surface area contributed by atoms with E-state index in [1.807, 2.05) is 17.9 Å². The molecule has 1 amide bonds. The molecule has 2 saturated heterocycles. The van der Waals surface area contributed by atoms with Gasteiger partial charge in [0.1, 0.15) is 5.58 Å². The number of hydrogen-bond acceptors (Lipinski definition) is 4. The van der Waals surface area contributed by atoms with Gasteiger partial charge >= 0.3 is 6.09 Å². The second-order valence-electron chi connectivity index (χ2n) is 7.41. The fourth-order valence-electron chi connectivity index (χ4n) is 4.58. The Kier molecular flexibility index (Phi) is 5.16. The third kappa shape index (κ3) is 3.45. The Morgan fingerprint density at radius 1 is 1.12 bits per heavy atom. The number of carbonyl (C=O) groups is 1. The molecule has 0 atom stereocenters. The average molecular weight is 356 g/mol. The van der Waals surface area contributed by atoms with Gasteiger partial charge in [0.15, 0.2) is 0 Å². The molecular weight excluding hydrogens is 328 g/mol. The Morgan fingerprint density at radius 2 is 1.88 bits per heavy atom. The van der Waals surface area contributed by atoms with Crippen molar-refractivity contribution in [3.05, 3.63) is 36.1 Å². The lowest BCUT2D eigenvalue weighted by Gasteiger charge is -2.41. The molecule has 26 heavy (non-hydrogen) atoms. The number of benzene rings is 1. The van der Waals surface area contributed by atoms with Crippen molar-refractivity contribution in [2.75, 3.05) is 32.8 Å². The van der Waals surface area contributed by atoms with E-state index in [1.165, 1.54) is 23.8 Å². The zero-order valence-electron chi connectivity index (χ0n) is 15.5. The smallest absolute Gasteiger partial charge is 0.409 e. The van der Waals surface area contributed by atoms with Crippen LogP contribution >= 0.6 is 0 Å². The van der Waals surface area contributed by atoms with Gasteiger partial charge in [0.25, 0.3) is 0 Å². The molecule has 0 radical (unpaired) electrons. The van der Waals surface area contributed by atoms with E-state index in [9.17, 15) is 4.79 Å². The summed E-state index contributed by atoms with van der Waals surface area (Å²) in [6.45, 7) is 6.23. The fraction of sp³-hybridized carbons (Fsp3) is 0.571. The van der Waals surface area contributed by atoms with Crippen molar-refractivity contribution in [3.8, 4) is 0 Å². The maximum absolute atomic E-state index is 11.8. The second kappa shape index (κ2) is 7.70. The topological polar surface area (TPSA) is 45.9 Å². The molecule has 0 unspecified atom stereocenters. The van der Waals surface area contributed by atoms with Crippen LogP contribution in [0.4, 0.5) is 4.79 Å². The summed E-state index contributed by atoms with van der Waals surface area (Å²) >= 11 is 0. The summed E-state index contributed by atoms with van der Waals surface area (Å²) in [6.07, 6.45) is 6.14. The number of rotatable bonds is 3. The van der Waals surface area contributed by atoms with Gasteiger partial charge < -0.3 is 19.0 Å². The Hall–Kier alpha value is -2.01. The van der Waals surface area contributed by atoms with Crippen LogP contribution in [0, 0.1) is 0 Å². The van der Waals surface area contributed by atoms with Crippen molar-refractivity contribution in [2.45, 2.75) is 44.6 Å². The zero-order chi connectivity index (χ0) is 17.9. The maximum Gasteiger partial charge on any atom is 0.409 e. The quantitative estimate of drug-likeness (QED) is 0.825. The van der Waals surface area contributed by atoms with Crippen LogP contribution in [0.3, 0.4) is 0 Å². The standard InChI is InChI=1S/C21H28N2O3/c1-2-25-21(24)23-13-8-17(9-14-23)22-11-6-16(7-12-22)18-4-3-5-20-19(18)10-15-26-20/h3-5,10,15-17H,2,6-9,11-14H2,1H3. The minimum Gasteiger partial charge on any atom is -0.464 e. The average Bonchev–Trinajstić information content (AvgIpc) is 3.17. The Balaban J connectivity index is 1.32. The van der Waals surface area contributed by atoms with Crippen LogP contribution in [0.5, 0.6) is 0 Å². The van der Waals surface area contributed by atoms with Crippen molar-refractivity contribution in [1.29, 1.82) is 0 Å². The largest absolute Gasteiger partial charge is 0.464 e. The van der Waals surface area contributed by atoms with Crippen LogP contribution in [-0.4, -0.2) is 54.7 Å². The first-order chi connectivity index (χ1) is 12.8. The van der Waals surface area contributed by atoms with E-state index in [4.69, 9.17) is 9.15 Å². The second-order valence-corrected chi connectivity index (χ2v) is 7.41. The van der Waals surface area contributed by atoms with E-state index in [0.29, 0.717) is 18.6 Å². The molecule has 0 N–H and O–H groups in total. The third-order valence-electron chi connectivity index (χ3n) is 6.01. The molecule has 0 aliphatic carbocycles. The van der Waals surface area contributed by atoms with Gasteiger partial charge in [-0.3, -0.25) is 0 Å². The van der Waals surface area contributed by atoms with Crippen LogP contribution < -0.4 is 0 Å². The first-order valence-corrected chi connectivity index (χ1v) is 9.88. The Morgan fingerprint density at radius 3 is 2.62 bits per heavy atom. The van der Waals surface area contributed by atoms with Crippen LogP contribution in [0.1, 0.15) is 44.1 Å². The van der Waals surface area contributed by atoms with E-state index in [1.54, 1.807) is 6.26 Å². The van der Waals surface area contributed by atoms with Crippen molar-refractivity contribution in [2.24, 2.45) is 0 Å². The lowest BCUT2D eigenvalue weighted by molar-refractivity contribution is 0.0663. The van der Waals surface area contributed by atoms with Crippen molar-refractivity contribution in [3.63, 3.8) is 0 Å². The lowest BCUT2D eigenvalue weighted by Crippen LogP contribution is -2.48. The maximum atomic E-state index is 11.8. The molecule has 5 nitrogen and oxygen atoms in total. The molecule has 0 bridgehead atoms. The molecule has 2 aliphatic heterocycles. The number of ether oxygens (including phenoxy) is 1. The highest BCUT2D eigenvalue weighted by molar-refractivity contribution is 5.81. The monoisotopic (exact) mass is 356 g/mol. The molecule has 4 rings (SSSR count). The first kappa shape index (κ1) is 17.4. The first-order valence-electron chi connectivity index (χ1n) is 9.88. The summed E-state index contributed by atoms with van der Waals surface area (Å²) in [4.78, 5) is 16.3. The number of likely N-dealkylation sites (tertiary alicyclic amines) is 2. The van der Waals surface area contributed by atoms with E-state index in [0.717, 1.165) is 44.6 Å². The summed E-state index contributed by atoms with van der Waals surface area (Å²) in [5.74, 6) is 0.618. The van der Waals surface area contributed by atoms with E-state index >= 15 is 0 Å². The molecule has 0 saturated carbocycles. The van der Waals surface area contributed by atoms with Crippen LogP contribution in [-0.2, 0) is 4.74 Å². The highest BCUT2D eigenvalue weighted by Gasteiger charge is 2.30. The van der Waals surface area contributed by atoms with E-state index in [-0.39, 0.29) is 6.09 Å². The number of fused-ring (bicyclic) bond motifs is 1. The van der Waals surface area contributed by atoms with Crippen molar-refractivity contribution < 1.29 is 13.9 Å². The van der Waals surface area contributed by atoms with Gasteiger partial charge in [-0.15, -0.1) is 0 Å². The molecular formula is C21H28N2O3. The molecule has 3 heterocycles. The highest BCUT2D eigenvalue weighted by atomic mass is 16.6. The van der Waals surface area contributed by atoms with E-state index < -0.39 is 0 Å². The SMILES string of the molecule is CCOC(=O)N1CCC(N2CCC(c3cccc4occc34)CC2)CC1. The summed E-state index contributed by atoms with van der Waals surface area (Å²) in [5, 5.41) is 1.27. The Bertz CT molecular complexity index is 741. The van der Waals surface area contributed by atoms with Gasteiger partial charge in [0.05, 0.1) is 12.9 Å². The summed E-state index contributed by atoms with van der Waals surface area (Å²) in [6, 6.07) is 9.12. The van der Waals surface area contributed by atoms with Gasteiger partial charge in [0, 0.05) is 24.5 Å². The number of amides is 1. The predicted molar refractivity (Wildman–Crippen MR) is 101 cm³/mol. The molecule has 5 heteroatoms. The molecule has 2 aliphatic rings. The Labute approximate surface area is 154 Å². The summed E-state index contributed by atoms with van der Waals surface area (Å²) in [7, 11) is 0. The minimum atomic E-state index is -0.155. The minimum absolute atomic E-state index is 0.155. The van der Waals surface area contributed by atoms with Crippen LogP contribution in [0.15, 0.2) is 34.9 Å². The zero-order valence-corrected chi connectivity index (χ0v) is 15.5. The number of hydrogen-bond donors (Lipinski definition) is 0. The van der Waals surface area contributed by atoms with Crippen molar-refractivity contribution >= 4 is 17.1 Å². The molecule has 140 valence electrons. The van der Waals surface area contributed by atoms with Gasteiger partial charge in [-0.25, -0.2) is 4.79 Å². The van der Waals surface area contributed by atoms with Crippen LogP contribution in [0.25, 0.3) is 11.0 Å². The molecule has 1 aromatic carbocycles. The van der Waals surface area contributed by atoms with E-state index in [2.05, 4.69) is 23.1 Å². The summed E-state index contributed by atoms with van der Waals surface area (Å²) < 4.78 is 10.7. The number of carbonyl (C=O) groups excluding carboxylic acids is 1. The highest BCUT2D eigenvalue weighted by Crippen LogP contribution is 2.34. The molecule has 2 aromatic rings. The molecule has 1 aromatic heterocycles. The van der Waals surface area contributed by atoms with Gasteiger partial charge in [0.2, 0.25) is 0 Å². The fourth-order valence-corrected chi connectivity index (χ4v) is 4.58.